The van der Waals surface area contributed by atoms with Crippen molar-refractivity contribution in [3.8, 4) is 5.75 Å². The Morgan fingerprint density at radius 1 is 1.07 bits per heavy atom. The molecule has 0 aliphatic carbocycles. The molecule has 0 aliphatic rings. The number of hydrogen-bond donors (Lipinski definition) is 0. The molecule has 1 aromatic rings. The Bertz CT molecular complexity index is 345. The Labute approximate surface area is 96.1 Å². The molecule has 1 nitrogen and oxygen atoms in total. The van der Waals surface area contributed by atoms with Crippen molar-refractivity contribution in [2.75, 3.05) is 0 Å². The van der Waals surface area contributed by atoms with Crippen molar-refractivity contribution in [3.05, 3.63) is 27.7 Å². The Morgan fingerprint density at radius 3 is 2.14 bits per heavy atom. The molecule has 1 rings (SSSR count). The van der Waals surface area contributed by atoms with Gasteiger partial charge in [-0.2, -0.15) is 0 Å². The first-order valence-corrected chi connectivity index (χ1v) is 8.61. The Morgan fingerprint density at radius 2 is 1.64 bits per heavy atom. The van der Waals surface area contributed by atoms with Crippen molar-refractivity contribution >= 4 is 31.5 Å². The molecule has 4 heteroatoms. The topological polar surface area (TPSA) is 9.23 Å². The molecule has 14 heavy (non-hydrogen) atoms. The van der Waals surface area contributed by atoms with E-state index in [9.17, 15) is 0 Å². The molecule has 1 aromatic carbocycles. The molecule has 0 unspecified atom stereocenters. The van der Waals surface area contributed by atoms with E-state index in [1.54, 1.807) is 6.07 Å². The van der Waals surface area contributed by atoms with Crippen molar-refractivity contribution in [2.24, 2.45) is 0 Å². The van der Waals surface area contributed by atoms with E-state index in [1.165, 1.54) is 0 Å². The quantitative estimate of drug-likeness (QED) is 0.700. The minimum Gasteiger partial charge on any atom is -0.543 e. The number of rotatable bonds is 2. The number of benzene rings is 1. The molecule has 0 heterocycles. The summed E-state index contributed by atoms with van der Waals surface area (Å²) in [6, 6.07) is 3.62. The normalized spacial score (nSPS) is 11.6. The molecule has 78 valence electrons. The summed E-state index contributed by atoms with van der Waals surface area (Å²) in [5.41, 5.74) is 0.972. The summed E-state index contributed by atoms with van der Waals surface area (Å²) in [7, 11) is -1.61. The van der Waals surface area contributed by atoms with E-state index in [4.69, 9.17) is 27.6 Å². The average molecular weight is 249 g/mol. The van der Waals surface area contributed by atoms with Crippen LogP contribution in [0.25, 0.3) is 0 Å². The maximum absolute atomic E-state index is 6.05. The predicted molar refractivity (Wildman–Crippen MR) is 65.2 cm³/mol. The van der Waals surface area contributed by atoms with Gasteiger partial charge in [-0.25, -0.2) is 0 Å². The highest BCUT2D eigenvalue weighted by molar-refractivity contribution is 6.70. The fourth-order valence-electron chi connectivity index (χ4n) is 1.04. The smallest absolute Gasteiger partial charge is 0.242 e. The maximum Gasteiger partial charge on any atom is 0.242 e. The van der Waals surface area contributed by atoms with Crippen LogP contribution in [-0.4, -0.2) is 8.32 Å². The first kappa shape index (κ1) is 11.9. The summed E-state index contributed by atoms with van der Waals surface area (Å²) < 4.78 is 5.79. The molecule has 0 N–H and O–H groups in total. The van der Waals surface area contributed by atoms with Gasteiger partial charge in [-0.05, 0) is 44.3 Å². The molecule has 0 fully saturated rings. The van der Waals surface area contributed by atoms with Gasteiger partial charge in [-0.1, -0.05) is 23.2 Å². The van der Waals surface area contributed by atoms with Gasteiger partial charge in [0.25, 0.3) is 0 Å². The lowest BCUT2D eigenvalue weighted by molar-refractivity contribution is 0.558. The van der Waals surface area contributed by atoms with Crippen LogP contribution in [0.15, 0.2) is 12.1 Å². The minimum absolute atomic E-state index is 0.634. The number of halogens is 2. The first-order chi connectivity index (χ1) is 6.29. The second-order valence-corrected chi connectivity index (χ2v) is 9.49. The van der Waals surface area contributed by atoms with Crippen molar-refractivity contribution in [1.82, 2.24) is 0 Å². The van der Waals surface area contributed by atoms with Crippen molar-refractivity contribution in [1.29, 1.82) is 0 Å². The van der Waals surface area contributed by atoms with Gasteiger partial charge in [0.05, 0.1) is 5.02 Å². The van der Waals surface area contributed by atoms with Gasteiger partial charge in [-0.15, -0.1) is 0 Å². The van der Waals surface area contributed by atoms with E-state index in [2.05, 4.69) is 19.6 Å². The Kier molecular flexibility index (Phi) is 3.51. The van der Waals surface area contributed by atoms with Gasteiger partial charge < -0.3 is 4.43 Å². The van der Waals surface area contributed by atoms with Gasteiger partial charge in [0.2, 0.25) is 8.32 Å². The molecule has 0 aromatic heterocycles. The Hall–Kier alpha value is -0.183. The first-order valence-electron chi connectivity index (χ1n) is 4.44. The summed E-state index contributed by atoms with van der Waals surface area (Å²) in [5, 5.41) is 1.33. The SMILES string of the molecule is Cc1cc(Cl)c(O[Si](C)(C)C)cc1Cl. The molecule has 0 saturated carbocycles. The van der Waals surface area contributed by atoms with E-state index in [1.807, 2.05) is 13.0 Å². The molecule has 0 saturated heterocycles. The third-order valence-electron chi connectivity index (χ3n) is 1.63. The summed E-state index contributed by atoms with van der Waals surface area (Å²) in [6.07, 6.45) is 0. The van der Waals surface area contributed by atoms with Crippen LogP contribution in [0.2, 0.25) is 29.7 Å². The second kappa shape index (κ2) is 4.13. The van der Waals surface area contributed by atoms with Crippen LogP contribution in [0.1, 0.15) is 5.56 Å². The van der Waals surface area contributed by atoms with Crippen LogP contribution < -0.4 is 4.43 Å². The summed E-state index contributed by atoms with van der Waals surface area (Å²) in [6.45, 7) is 8.25. The molecule has 0 spiro atoms. The monoisotopic (exact) mass is 248 g/mol. The third kappa shape index (κ3) is 3.19. The zero-order chi connectivity index (χ0) is 10.9. The van der Waals surface area contributed by atoms with Crippen molar-refractivity contribution < 1.29 is 4.43 Å². The fourth-order valence-corrected chi connectivity index (χ4v) is 2.34. The van der Waals surface area contributed by atoms with Crippen molar-refractivity contribution in [3.63, 3.8) is 0 Å². The summed E-state index contributed by atoms with van der Waals surface area (Å²) in [4.78, 5) is 0. The lowest BCUT2D eigenvalue weighted by atomic mass is 10.2. The van der Waals surface area contributed by atoms with Crippen molar-refractivity contribution in [2.45, 2.75) is 26.6 Å². The standard InChI is InChI=1S/C10H14Cl2OSi/c1-7-5-9(12)10(6-8(7)11)13-14(2,3)4/h5-6H,1-4H3. The molecule has 0 bridgehead atoms. The second-order valence-electron chi connectivity index (χ2n) is 4.25. The summed E-state index contributed by atoms with van der Waals surface area (Å²) >= 11 is 12.0. The number of aryl methyl sites for hydroxylation is 1. The van der Waals surface area contributed by atoms with Crippen LogP contribution in [0.4, 0.5) is 0 Å². The largest absolute Gasteiger partial charge is 0.543 e. The third-order valence-corrected chi connectivity index (χ3v) is 3.16. The molecule has 0 radical (unpaired) electrons. The highest BCUT2D eigenvalue weighted by Crippen LogP contribution is 2.32. The molecule has 0 amide bonds. The zero-order valence-corrected chi connectivity index (χ0v) is 11.3. The van der Waals surface area contributed by atoms with Crippen LogP contribution in [0, 0.1) is 6.92 Å². The van der Waals surface area contributed by atoms with Gasteiger partial charge >= 0.3 is 0 Å². The van der Waals surface area contributed by atoms with E-state index in [-0.39, 0.29) is 0 Å². The van der Waals surface area contributed by atoms with Gasteiger partial charge in [-0.3, -0.25) is 0 Å². The molecular weight excluding hydrogens is 235 g/mol. The lowest BCUT2D eigenvalue weighted by Gasteiger charge is -2.20. The number of hydrogen-bond acceptors (Lipinski definition) is 1. The van der Waals surface area contributed by atoms with Gasteiger partial charge in [0.15, 0.2) is 0 Å². The van der Waals surface area contributed by atoms with Crippen LogP contribution in [0.5, 0.6) is 5.75 Å². The highest BCUT2D eigenvalue weighted by atomic mass is 35.5. The lowest BCUT2D eigenvalue weighted by Crippen LogP contribution is -2.29. The minimum atomic E-state index is -1.61. The van der Waals surface area contributed by atoms with E-state index >= 15 is 0 Å². The highest BCUT2D eigenvalue weighted by Gasteiger charge is 2.18. The van der Waals surface area contributed by atoms with Crippen LogP contribution >= 0.6 is 23.2 Å². The molecule has 0 aliphatic heterocycles. The zero-order valence-electron chi connectivity index (χ0n) is 8.82. The summed E-state index contributed by atoms with van der Waals surface area (Å²) in [5.74, 6) is 0.696. The van der Waals surface area contributed by atoms with Gasteiger partial charge in [0.1, 0.15) is 5.75 Å². The van der Waals surface area contributed by atoms with E-state index in [0.717, 1.165) is 5.56 Å². The molecule has 0 atom stereocenters. The molecular formula is C10H14Cl2OSi. The maximum atomic E-state index is 6.05. The Balaban J connectivity index is 3.04. The van der Waals surface area contributed by atoms with Crippen LogP contribution in [-0.2, 0) is 0 Å². The fraction of sp³-hybridized carbons (Fsp3) is 0.400. The van der Waals surface area contributed by atoms with Gasteiger partial charge in [0, 0.05) is 5.02 Å². The van der Waals surface area contributed by atoms with Crippen LogP contribution in [0.3, 0.4) is 0 Å². The predicted octanol–water partition coefficient (Wildman–Crippen LogP) is 4.52. The van der Waals surface area contributed by atoms with E-state index in [0.29, 0.717) is 15.8 Å². The average Bonchev–Trinajstić information content (AvgIpc) is 1.97. The van der Waals surface area contributed by atoms with E-state index < -0.39 is 8.32 Å².